The highest BCUT2D eigenvalue weighted by atomic mass is 15.3. The van der Waals surface area contributed by atoms with Gasteiger partial charge in [0.2, 0.25) is 0 Å². The fourth-order valence-electron chi connectivity index (χ4n) is 2.59. The molecular formula is C16H21N5. The highest BCUT2D eigenvalue weighted by Crippen LogP contribution is 2.28. The fourth-order valence-corrected chi connectivity index (χ4v) is 2.59. The number of imidazole rings is 1. The number of aryl methyl sites for hydroxylation is 1. The standard InChI is InChI=1S/C16H21N5/c1-16(2,3)15-18-13-9-11(17)5-6-14(13)21(15)10-12-7-8-20(4)19-12/h5-9H,10,17H2,1-4H3. The maximum absolute atomic E-state index is 5.88. The molecule has 0 fully saturated rings. The summed E-state index contributed by atoms with van der Waals surface area (Å²) >= 11 is 0. The van der Waals surface area contributed by atoms with Gasteiger partial charge in [0.05, 0.1) is 23.3 Å². The normalized spacial score (nSPS) is 12.2. The number of nitrogen functional groups attached to an aromatic ring is 1. The number of nitrogens with zero attached hydrogens (tertiary/aromatic N) is 4. The first-order valence-corrected chi connectivity index (χ1v) is 7.09. The lowest BCUT2D eigenvalue weighted by atomic mass is 9.95. The number of hydrogen-bond donors (Lipinski definition) is 1. The van der Waals surface area contributed by atoms with Crippen molar-refractivity contribution in [2.45, 2.75) is 32.7 Å². The Hall–Kier alpha value is -2.30. The van der Waals surface area contributed by atoms with E-state index in [-0.39, 0.29) is 5.41 Å². The van der Waals surface area contributed by atoms with E-state index in [2.05, 4.69) is 30.4 Å². The second-order valence-electron chi connectivity index (χ2n) is 6.50. The van der Waals surface area contributed by atoms with Crippen LogP contribution in [0.1, 0.15) is 32.3 Å². The van der Waals surface area contributed by atoms with Crippen molar-refractivity contribution in [3.8, 4) is 0 Å². The zero-order chi connectivity index (χ0) is 15.2. The summed E-state index contributed by atoms with van der Waals surface area (Å²) in [6.07, 6.45) is 1.96. The molecule has 0 bridgehead atoms. The number of aromatic nitrogens is 4. The van der Waals surface area contributed by atoms with Gasteiger partial charge in [-0.2, -0.15) is 5.10 Å². The highest BCUT2D eigenvalue weighted by Gasteiger charge is 2.23. The summed E-state index contributed by atoms with van der Waals surface area (Å²) in [4.78, 5) is 4.80. The molecule has 0 aliphatic heterocycles. The van der Waals surface area contributed by atoms with E-state index in [0.717, 1.165) is 28.2 Å². The van der Waals surface area contributed by atoms with E-state index in [9.17, 15) is 0 Å². The van der Waals surface area contributed by atoms with Crippen LogP contribution in [0.5, 0.6) is 0 Å². The molecule has 0 amide bonds. The summed E-state index contributed by atoms with van der Waals surface area (Å²) in [5.74, 6) is 1.05. The average molecular weight is 283 g/mol. The van der Waals surface area contributed by atoms with Gasteiger partial charge < -0.3 is 10.3 Å². The lowest BCUT2D eigenvalue weighted by molar-refractivity contribution is 0.513. The van der Waals surface area contributed by atoms with Crippen LogP contribution < -0.4 is 5.73 Å². The van der Waals surface area contributed by atoms with Gasteiger partial charge in [0.1, 0.15) is 5.82 Å². The van der Waals surface area contributed by atoms with Crippen LogP contribution in [0.15, 0.2) is 30.5 Å². The zero-order valence-corrected chi connectivity index (χ0v) is 13.0. The molecular weight excluding hydrogens is 262 g/mol. The predicted molar refractivity (Wildman–Crippen MR) is 85.2 cm³/mol. The Balaban J connectivity index is 2.17. The minimum atomic E-state index is -0.0391. The lowest BCUT2D eigenvalue weighted by Crippen LogP contribution is -2.19. The molecule has 21 heavy (non-hydrogen) atoms. The zero-order valence-electron chi connectivity index (χ0n) is 13.0. The molecule has 0 radical (unpaired) electrons. The van der Waals surface area contributed by atoms with E-state index < -0.39 is 0 Å². The molecule has 2 N–H and O–H groups in total. The first-order valence-electron chi connectivity index (χ1n) is 7.09. The van der Waals surface area contributed by atoms with Gasteiger partial charge in [0.15, 0.2) is 0 Å². The number of benzene rings is 1. The minimum Gasteiger partial charge on any atom is -0.399 e. The molecule has 3 aromatic rings. The SMILES string of the molecule is Cn1ccc(Cn2c(C(C)(C)C)nc3cc(N)ccc32)n1. The van der Waals surface area contributed by atoms with Gasteiger partial charge in [-0.05, 0) is 24.3 Å². The highest BCUT2D eigenvalue weighted by molar-refractivity contribution is 5.80. The third kappa shape index (κ3) is 2.51. The van der Waals surface area contributed by atoms with E-state index >= 15 is 0 Å². The van der Waals surface area contributed by atoms with Crippen LogP contribution in [0.2, 0.25) is 0 Å². The third-order valence-electron chi connectivity index (χ3n) is 3.53. The number of rotatable bonds is 2. The topological polar surface area (TPSA) is 61.7 Å². The largest absolute Gasteiger partial charge is 0.399 e. The Morgan fingerprint density at radius 2 is 1.95 bits per heavy atom. The fraction of sp³-hybridized carbons (Fsp3) is 0.375. The minimum absolute atomic E-state index is 0.0391. The molecule has 2 heterocycles. The second kappa shape index (κ2) is 4.62. The molecule has 0 aliphatic rings. The maximum Gasteiger partial charge on any atom is 0.115 e. The smallest absolute Gasteiger partial charge is 0.115 e. The van der Waals surface area contributed by atoms with Gasteiger partial charge in [0, 0.05) is 24.3 Å². The van der Waals surface area contributed by atoms with Crippen molar-refractivity contribution in [2.75, 3.05) is 5.73 Å². The Bertz CT molecular complexity index is 789. The molecule has 0 spiro atoms. The van der Waals surface area contributed by atoms with E-state index in [1.807, 2.05) is 42.2 Å². The van der Waals surface area contributed by atoms with Crippen LogP contribution in [0.3, 0.4) is 0 Å². The van der Waals surface area contributed by atoms with Gasteiger partial charge in [0.25, 0.3) is 0 Å². The average Bonchev–Trinajstić information content (AvgIpc) is 2.93. The molecule has 0 saturated carbocycles. The van der Waals surface area contributed by atoms with Crippen LogP contribution in [0.4, 0.5) is 5.69 Å². The van der Waals surface area contributed by atoms with Gasteiger partial charge in [-0.25, -0.2) is 4.98 Å². The van der Waals surface area contributed by atoms with E-state index in [1.54, 1.807) is 0 Å². The molecule has 110 valence electrons. The van der Waals surface area contributed by atoms with Crippen molar-refractivity contribution in [3.05, 3.63) is 42.0 Å². The molecule has 0 aliphatic carbocycles. The van der Waals surface area contributed by atoms with Crippen molar-refractivity contribution in [2.24, 2.45) is 7.05 Å². The first kappa shape index (κ1) is 13.7. The Morgan fingerprint density at radius 1 is 1.19 bits per heavy atom. The van der Waals surface area contributed by atoms with Crippen molar-refractivity contribution in [1.82, 2.24) is 19.3 Å². The molecule has 0 unspecified atom stereocenters. The van der Waals surface area contributed by atoms with Crippen molar-refractivity contribution >= 4 is 16.7 Å². The summed E-state index contributed by atoms with van der Waals surface area (Å²) < 4.78 is 4.06. The summed E-state index contributed by atoms with van der Waals surface area (Å²) in [6.45, 7) is 7.24. The van der Waals surface area contributed by atoms with Crippen LogP contribution >= 0.6 is 0 Å². The lowest BCUT2D eigenvalue weighted by Gasteiger charge is -2.19. The van der Waals surface area contributed by atoms with Crippen LogP contribution in [-0.2, 0) is 19.0 Å². The quantitative estimate of drug-likeness (QED) is 0.736. The van der Waals surface area contributed by atoms with Crippen molar-refractivity contribution in [1.29, 1.82) is 0 Å². The summed E-state index contributed by atoms with van der Waals surface area (Å²) in [7, 11) is 1.93. The molecule has 0 saturated heterocycles. The molecule has 2 aromatic heterocycles. The molecule has 5 nitrogen and oxygen atoms in total. The summed E-state index contributed by atoms with van der Waals surface area (Å²) in [5, 5.41) is 4.48. The molecule has 5 heteroatoms. The summed E-state index contributed by atoms with van der Waals surface area (Å²) in [5.41, 5.74) is 9.65. The number of fused-ring (bicyclic) bond motifs is 1. The maximum atomic E-state index is 5.88. The van der Waals surface area contributed by atoms with Crippen molar-refractivity contribution in [3.63, 3.8) is 0 Å². The molecule has 3 rings (SSSR count). The predicted octanol–water partition coefficient (Wildman–Crippen LogP) is 2.70. The third-order valence-corrected chi connectivity index (χ3v) is 3.53. The van der Waals surface area contributed by atoms with Gasteiger partial charge in [-0.15, -0.1) is 0 Å². The molecule has 0 atom stereocenters. The number of nitrogens with two attached hydrogens (primary N) is 1. The van der Waals surface area contributed by atoms with Gasteiger partial charge in [-0.1, -0.05) is 20.8 Å². The first-order chi connectivity index (χ1) is 9.84. The van der Waals surface area contributed by atoms with Crippen LogP contribution in [0, 0.1) is 0 Å². The van der Waals surface area contributed by atoms with E-state index in [4.69, 9.17) is 10.7 Å². The Kier molecular flexibility index (Phi) is 3.01. The monoisotopic (exact) mass is 283 g/mol. The van der Waals surface area contributed by atoms with Crippen molar-refractivity contribution < 1.29 is 0 Å². The van der Waals surface area contributed by atoms with E-state index in [1.165, 1.54) is 0 Å². The number of hydrogen-bond acceptors (Lipinski definition) is 3. The van der Waals surface area contributed by atoms with Gasteiger partial charge in [-0.3, -0.25) is 4.68 Å². The summed E-state index contributed by atoms with van der Waals surface area (Å²) in [6, 6.07) is 7.93. The van der Waals surface area contributed by atoms with Crippen LogP contribution in [0.25, 0.3) is 11.0 Å². The van der Waals surface area contributed by atoms with Crippen LogP contribution in [-0.4, -0.2) is 19.3 Å². The number of anilines is 1. The molecule has 1 aromatic carbocycles. The van der Waals surface area contributed by atoms with E-state index in [0.29, 0.717) is 6.54 Å². The Morgan fingerprint density at radius 3 is 2.57 bits per heavy atom. The van der Waals surface area contributed by atoms with Gasteiger partial charge >= 0.3 is 0 Å². The Labute approximate surface area is 124 Å². The second-order valence-corrected chi connectivity index (χ2v) is 6.50.